The van der Waals surface area contributed by atoms with Crippen molar-refractivity contribution in [2.75, 3.05) is 33.7 Å². The van der Waals surface area contributed by atoms with Crippen molar-refractivity contribution in [3.8, 4) is 0 Å². The van der Waals surface area contributed by atoms with Crippen LogP contribution in [0.25, 0.3) is 0 Å². The molecule has 94 valence electrons. The van der Waals surface area contributed by atoms with Crippen LogP contribution in [0.3, 0.4) is 0 Å². The molecule has 2 fully saturated rings. The summed E-state index contributed by atoms with van der Waals surface area (Å²) in [6.07, 6.45) is 8.25. The van der Waals surface area contributed by atoms with Gasteiger partial charge in [0.05, 0.1) is 0 Å². The van der Waals surface area contributed by atoms with Gasteiger partial charge >= 0.3 is 0 Å². The Hall–Kier alpha value is -0.120. The predicted molar refractivity (Wildman–Crippen MR) is 68.8 cm³/mol. The van der Waals surface area contributed by atoms with Crippen LogP contribution in [0.1, 0.15) is 38.5 Å². The van der Waals surface area contributed by atoms with E-state index in [0.717, 1.165) is 13.1 Å². The molecule has 1 saturated carbocycles. The van der Waals surface area contributed by atoms with Crippen LogP contribution in [-0.4, -0.2) is 50.2 Å². The first kappa shape index (κ1) is 12.3. The molecule has 1 atom stereocenters. The molecule has 0 radical (unpaired) electrons. The number of hydrogen-bond acceptors (Lipinski definition) is 3. The van der Waals surface area contributed by atoms with E-state index < -0.39 is 0 Å². The highest BCUT2D eigenvalue weighted by Gasteiger charge is 2.38. The molecule has 16 heavy (non-hydrogen) atoms. The van der Waals surface area contributed by atoms with E-state index in [-0.39, 0.29) is 0 Å². The first-order chi connectivity index (χ1) is 7.73. The fraction of sp³-hybridized carbons (Fsp3) is 1.00. The Balaban J connectivity index is 1.66. The van der Waals surface area contributed by atoms with Gasteiger partial charge in [-0.1, -0.05) is 6.42 Å². The predicted octanol–water partition coefficient (Wildman–Crippen LogP) is 1.20. The molecule has 3 nitrogen and oxygen atoms in total. The van der Waals surface area contributed by atoms with Gasteiger partial charge in [0.2, 0.25) is 0 Å². The molecule has 1 aliphatic carbocycles. The monoisotopic (exact) mass is 225 g/mol. The number of hydrogen-bond donors (Lipinski definition) is 2. The average Bonchev–Trinajstić information content (AvgIpc) is 2.23. The van der Waals surface area contributed by atoms with E-state index in [2.05, 4.69) is 29.6 Å². The fourth-order valence-corrected chi connectivity index (χ4v) is 2.94. The highest BCUT2D eigenvalue weighted by Crippen LogP contribution is 2.35. The molecule has 0 spiro atoms. The molecule has 2 aliphatic rings. The minimum absolute atomic E-state index is 0.467. The van der Waals surface area contributed by atoms with Crippen molar-refractivity contribution in [3.63, 3.8) is 0 Å². The molecule has 0 bridgehead atoms. The van der Waals surface area contributed by atoms with Crippen LogP contribution < -0.4 is 10.6 Å². The van der Waals surface area contributed by atoms with E-state index in [9.17, 15) is 0 Å². The Bertz CT molecular complexity index is 205. The van der Waals surface area contributed by atoms with E-state index in [4.69, 9.17) is 0 Å². The largest absolute Gasteiger partial charge is 0.313 e. The molecular formula is C13H27N3. The molecule has 2 rings (SSSR count). The van der Waals surface area contributed by atoms with E-state index >= 15 is 0 Å². The lowest BCUT2D eigenvalue weighted by Gasteiger charge is -2.47. The molecule has 0 aromatic heterocycles. The van der Waals surface area contributed by atoms with E-state index in [1.54, 1.807) is 0 Å². The van der Waals surface area contributed by atoms with Crippen molar-refractivity contribution in [3.05, 3.63) is 0 Å². The third kappa shape index (κ3) is 2.76. The second-order valence-corrected chi connectivity index (χ2v) is 5.75. The number of piperidine rings is 1. The van der Waals surface area contributed by atoms with Gasteiger partial charge in [-0.15, -0.1) is 0 Å². The Morgan fingerprint density at radius 3 is 2.56 bits per heavy atom. The van der Waals surface area contributed by atoms with E-state index in [1.165, 1.54) is 45.1 Å². The van der Waals surface area contributed by atoms with Gasteiger partial charge in [0.1, 0.15) is 0 Å². The van der Waals surface area contributed by atoms with Crippen molar-refractivity contribution in [1.82, 2.24) is 15.5 Å². The van der Waals surface area contributed by atoms with E-state index in [0.29, 0.717) is 11.6 Å². The number of nitrogens with zero attached hydrogens (tertiary/aromatic N) is 1. The standard InChI is InChI=1S/C13H27N3/c1-16(2)13(7-5-8-13)11-14-10-12-6-3-4-9-15-12/h12,14-15H,3-11H2,1-2H3. The van der Waals surface area contributed by atoms with Crippen molar-refractivity contribution in [2.24, 2.45) is 0 Å². The second-order valence-electron chi connectivity index (χ2n) is 5.75. The summed E-state index contributed by atoms with van der Waals surface area (Å²) >= 11 is 0. The molecular weight excluding hydrogens is 198 g/mol. The lowest BCUT2D eigenvalue weighted by molar-refractivity contribution is 0.0594. The van der Waals surface area contributed by atoms with Crippen LogP contribution in [0.4, 0.5) is 0 Å². The Morgan fingerprint density at radius 1 is 1.25 bits per heavy atom. The molecule has 1 unspecified atom stereocenters. The van der Waals surface area contributed by atoms with Crippen LogP contribution in [-0.2, 0) is 0 Å². The quantitative estimate of drug-likeness (QED) is 0.736. The number of rotatable bonds is 5. The molecule has 2 N–H and O–H groups in total. The van der Waals surface area contributed by atoms with E-state index in [1.807, 2.05) is 0 Å². The third-order valence-electron chi connectivity index (χ3n) is 4.49. The van der Waals surface area contributed by atoms with Gasteiger partial charge in [0.25, 0.3) is 0 Å². The highest BCUT2D eigenvalue weighted by molar-refractivity contribution is 4.97. The summed E-state index contributed by atoms with van der Waals surface area (Å²) in [5.41, 5.74) is 0.467. The second kappa shape index (κ2) is 5.48. The summed E-state index contributed by atoms with van der Waals surface area (Å²) in [4.78, 5) is 2.41. The normalized spacial score (nSPS) is 29.1. The molecule has 0 amide bonds. The summed E-state index contributed by atoms with van der Waals surface area (Å²) in [5.74, 6) is 0. The van der Waals surface area contributed by atoms with Gasteiger partial charge in [-0.2, -0.15) is 0 Å². The topological polar surface area (TPSA) is 27.3 Å². The van der Waals surface area contributed by atoms with Crippen LogP contribution in [0, 0.1) is 0 Å². The molecule has 1 heterocycles. The van der Waals surface area contributed by atoms with Crippen molar-refractivity contribution in [1.29, 1.82) is 0 Å². The summed E-state index contributed by atoms with van der Waals surface area (Å²) in [6, 6.07) is 0.716. The van der Waals surface area contributed by atoms with Gasteiger partial charge in [-0.25, -0.2) is 0 Å². The van der Waals surface area contributed by atoms with Crippen molar-refractivity contribution in [2.45, 2.75) is 50.1 Å². The van der Waals surface area contributed by atoms with Crippen LogP contribution in [0.5, 0.6) is 0 Å². The SMILES string of the molecule is CN(C)C1(CNCC2CCCCN2)CCC1. The lowest BCUT2D eigenvalue weighted by Crippen LogP contribution is -2.57. The molecule has 1 saturated heterocycles. The number of nitrogens with one attached hydrogen (secondary N) is 2. The molecule has 1 aliphatic heterocycles. The fourth-order valence-electron chi connectivity index (χ4n) is 2.94. The Labute approximate surface area is 100.0 Å². The van der Waals surface area contributed by atoms with Crippen molar-refractivity contribution < 1.29 is 0 Å². The van der Waals surface area contributed by atoms with Crippen LogP contribution >= 0.6 is 0 Å². The van der Waals surface area contributed by atoms with Crippen molar-refractivity contribution >= 4 is 0 Å². The Morgan fingerprint density at radius 2 is 2.06 bits per heavy atom. The third-order valence-corrected chi connectivity index (χ3v) is 4.49. The smallest absolute Gasteiger partial charge is 0.0327 e. The zero-order valence-corrected chi connectivity index (χ0v) is 10.9. The maximum atomic E-state index is 3.68. The first-order valence-electron chi connectivity index (χ1n) is 6.84. The zero-order chi connectivity index (χ0) is 11.4. The molecule has 3 heteroatoms. The average molecular weight is 225 g/mol. The summed E-state index contributed by atoms with van der Waals surface area (Å²) in [7, 11) is 4.44. The van der Waals surface area contributed by atoms with Crippen LogP contribution in [0.2, 0.25) is 0 Å². The van der Waals surface area contributed by atoms with Gasteiger partial charge in [0, 0.05) is 24.7 Å². The zero-order valence-electron chi connectivity index (χ0n) is 10.9. The maximum Gasteiger partial charge on any atom is 0.0327 e. The minimum atomic E-state index is 0.467. The highest BCUT2D eigenvalue weighted by atomic mass is 15.2. The van der Waals surface area contributed by atoms with Gasteiger partial charge in [0.15, 0.2) is 0 Å². The lowest BCUT2D eigenvalue weighted by atomic mass is 9.75. The minimum Gasteiger partial charge on any atom is -0.313 e. The summed E-state index contributed by atoms with van der Waals surface area (Å²) < 4.78 is 0. The van der Waals surface area contributed by atoms with Gasteiger partial charge < -0.3 is 15.5 Å². The molecule has 0 aromatic rings. The summed E-state index contributed by atoms with van der Waals surface area (Å²) in [5, 5.41) is 7.27. The maximum absolute atomic E-state index is 3.68. The van der Waals surface area contributed by atoms with Gasteiger partial charge in [-0.05, 0) is 52.7 Å². The summed E-state index contributed by atoms with van der Waals surface area (Å²) in [6.45, 7) is 3.53. The number of likely N-dealkylation sites (N-methyl/N-ethyl adjacent to an activating group) is 1. The Kier molecular flexibility index (Phi) is 4.22. The first-order valence-corrected chi connectivity index (χ1v) is 6.84. The van der Waals surface area contributed by atoms with Gasteiger partial charge in [-0.3, -0.25) is 0 Å². The van der Waals surface area contributed by atoms with Crippen LogP contribution in [0.15, 0.2) is 0 Å². The molecule has 0 aromatic carbocycles.